The molecule has 2 aromatic heterocycles. The topological polar surface area (TPSA) is 109 Å². The van der Waals surface area contributed by atoms with E-state index in [1.807, 2.05) is 0 Å². The molecule has 0 fully saturated rings. The molecular formula is C19H15N5O4. The van der Waals surface area contributed by atoms with Crippen molar-refractivity contribution >= 4 is 27.6 Å². The van der Waals surface area contributed by atoms with Crippen molar-refractivity contribution in [2.24, 2.45) is 0 Å². The number of aromatic nitrogens is 5. The quantitative estimate of drug-likeness (QED) is 0.494. The molecule has 0 saturated carbocycles. The minimum absolute atomic E-state index is 0.00107. The molecule has 0 spiro atoms. The van der Waals surface area contributed by atoms with Crippen LogP contribution in [0.5, 0.6) is 0 Å². The maximum absolute atomic E-state index is 12.6. The lowest BCUT2D eigenvalue weighted by atomic mass is 10.1. The van der Waals surface area contributed by atoms with Crippen LogP contribution in [-0.4, -0.2) is 30.7 Å². The fourth-order valence-electron chi connectivity index (χ4n) is 2.90. The van der Waals surface area contributed by atoms with Gasteiger partial charge < -0.3 is 4.74 Å². The average Bonchev–Trinajstić information content (AvgIpc) is 2.74. The molecular weight excluding hydrogens is 362 g/mol. The molecule has 0 N–H and O–H groups in total. The van der Waals surface area contributed by atoms with Crippen LogP contribution < -0.4 is 11.1 Å². The normalized spacial score (nSPS) is 11.0. The molecule has 4 rings (SSSR count). The Kier molecular flexibility index (Phi) is 4.40. The molecule has 9 heteroatoms. The van der Waals surface area contributed by atoms with E-state index in [1.165, 1.54) is 4.68 Å². The third-order valence-electron chi connectivity index (χ3n) is 4.31. The number of aryl methyl sites for hydroxylation is 1. The third kappa shape index (κ3) is 2.92. The van der Waals surface area contributed by atoms with Crippen LogP contribution in [0.15, 0.2) is 58.1 Å². The maximum atomic E-state index is 12.6. The van der Waals surface area contributed by atoms with Crippen molar-refractivity contribution in [3.63, 3.8) is 0 Å². The smallest absolute Gasteiger partial charge is 0.361 e. The lowest BCUT2D eigenvalue weighted by molar-refractivity contribution is 0.0329. The second kappa shape index (κ2) is 7.03. The summed E-state index contributed by atoms with van der Waals surface area (Å²) >= 11 is 0. The zero-order valence-corrected chi connectivity index (χ0v) is 14.9. The molecule has 0 atom stereocenters. The molecule has 0 aliphatic carbocycles. The van der Waals surface area contributed by atoms with E-state index in [1.54, 1.807) is 55.5 Å². The number of rotatable bonds is 4. The van der Waals surface area contributed by atoms with E-state index >= 15 is 0 Å². The number of ether oxygens (including phenoxy) is 1. The molecule has 0 aliphatic rings. The van der Waals surface area contributed by atoms with Gasteiger partial charge in [-0.05, 0) is 25.1 Å². The third-order valence-corrected chi connectivity index (χ3v) is 4.31. The first-order valence-corrected chi connectivity index (χ1v) is 8.59. The molecule has 0 unspecified atom stereocenters. The van der Waals surface area contributed by atoms with Crippen LogP contribution in [0, 0.1) is 0 Å². The van der Waals surface area contributed by atoms with Gasteiger partial charge >= 0.3 is 5.97 Å². The highest BCUT2D eigenvalue weighted by Crippen LogP contribution is 2.14. The molecule has 4 aromatic rings. The fourth-order valence-corrected chi connectivity index (χ4v) is 2.90. The maximum Gasteiger partial charge on any atom is 0.361 e. The largest absolute Gasteiger partial charge is 0.437 e. The summed E-state index contributed by atoms with van der Waals surface area (Å²) < 4.78 is 7.39. The Morgan fingerprint density at radius 1 is 0.929 bits per heavy atom. The Morgan fingerprint density at radius 3 is 2.32 bits per heavy atom. The highest BCUT2D eigenvalue weighted by molar-refractivity contribution is 6.02. The van der Waals surface area contributed by atoms with Gasteiger partial charge in [-0.25, -0.2) is 9.48 Å². The van der Waals surface area contributed by atoms with Crippen molar-refractivity contribution in [3.8, 4) is 0 Å². The fraction of sp³-hybridized carbons (Fsp3) is 0.158. The van der Waals surface area contributed by atoms with Crippen LogP contribution in [0.2, 0.25) is 0 Å². The molecule has 28 heavy (non-hydrogen) atoms. The predicted molar refractivity (Wildman–Crippen MR) is 101 cm³/mol. The summed E-state index contributed by atoms with van der Waals surface area (Å²) in [5.41, 5.74) is -0.252. The minimum atomic E-state index is -0.764. The van der Waals surface area contributed by atoms with Crippen molar-refractivity contribution in [1.82, 2.24) is 24.8 Å². The van der Waals surface area contributed by atoms with Gasteiger partial charge in [0.05, 0.1) is 10.8 Å². The van der Waals surface area contributed by atoms with Gasteiger partial charge in [0.25, 0.3) is 11.1 Å². The summed E-state index contributed by atoms with van der Waals surface area (Å²) in [5, 5.41) is 13.0. The van der Waals surface area contributed by atoms with E-state index in [0.717, 1.165) is 4.68 Å². The second-order valence-corrected chi connectivity index (χ2v) is 5.99. The van der Waals surface area contributed by atoms with E-state index in [2.05, 4.69) is 15.4 Å². The van der Waals surface area contributed by atoms with Gasteiger partial charge in [0.2, 0.25) is 0 Å². The van der Waals surface area contributed by atoms with Crippen LogP contribution >= 0.6 is 0 Å². The number of carbonyl (C=O) groups excluding carboxylic acids is 1. The number of fused-ring (bicyclic) bond motifs is 2. The summed E-state index contributed by atoms with van der Waals surface area (Å²) in [7, 11) is 0. The zero-order valence-electron chi connectivity index (χ0n) is 14.9. The highest BCUT2D eigenvalue weighted by atomic mass is 16.5. The molecule has 0 saturated heterocycles. The number of hydrogen-bond acceptors (Lipinski definition) is 7. The van der Waals surface area contributed by atoms with Gasteiger partial charge in [-0.2, -0.15) is 9.78 Å². The lowest BCUT2D eigenvalue weighted by Gasteiger charge is -2.10. The SMILES string of the molecule is CCn1nc(C(=O)OCn2nnc3ccccc3c2=O)c2ccccc2c1=O. The number of nitrogens with zero attached hydrogens (tertiary/aromatic N) is 5. The standard InChI is InChI=1S/C19H15N5O4/c1-2-23-17(25)13-8-4-3-7-12(13)16(21-23)19(27)28-11-24-18(26)14-9-5-6-10-15(14)20-22-24/h3-10H,2,11H2,1H3. The van der Waals surface area contributed by atoms with Crippen LogP contribution in [0.3, 0.4) is 0 Å². The van der Waals surface area contributed by atoms with Crippen molar-refractivity contribution in [2.75, 3.05) is 0 Å². The summed E-state index contributed by atoms with van der Waals surface area (Å²) in [6, 6.07) is 13.4. The second-order valence-electron chi connectivity index (χ2n) is 5.99. The first-order valence-electron chi connectivity index (χ1n) is 8.59. The Labute approximate surface area is 157 Å². The Bertz CT molecular complexity index is 1330. The molecule has 0 amide bonds. The molecule has 9 nitrogen and oxygen atoms in total. The molecule has 2 aromatic carbocycles. The summed E-state index contributed by atoms with van der Waals surface area (Å²) in [4.78, 5) is 37.4. The van der Waals surface area contributed by atoms with Gasteiger partial charge in [0.1, 0.15) is 5.52 Å². The molecule has 2 heterocycles. The average molecular weight is 377 g/mol. The van der Waals surface area contributed by atoms with E-state index < -0.39 is 18.3 Å². The first kappa shape index (κ1) is 17.5. The van der Waals surface area contributed by atoms with Crippen LogP contribution in [0.1, 0.15) is 17.4 Å². The number of hydrogen-bond donors (Lipinski definition) is 0. The van der Waals surface area contributed by atoms with Crippen LogP contribution in [-0.2, 0) is 18.0 Å². The Hall–Kier alpha value is -3.88. The monoisotopic (exact) mass is 377 g/mol. The van der Waals surface area contributed by atoms with Crippen molar-refractivity contribution in [2.45, 2.75) is 20.2 Å². The van der Waals surface area contributed by atoms with Gasteiger partial charge in [-0.15, -0.1) is 5.10 Å². The first-order chi connectivity index (χ1) is 13.6. The lowest BCUT2D eigenvalue weighted by Crippen LogP contribution is -2.28. The zero-order chi connectivity index (χ0) is 19.7. The number of esters is 1. The van der Waals surface area contributed by atoms with E-state index in [-0.39, 0.29) is 11.3 Å². The Balaban J connectivity index is 1.68. The van der Waals surface area contributed by atoms with Gasteiger partial charge in [0.15, 0.2) is 12.4 Å². The van der Waals surface area contributed by atoms with Gasteiger partial charge in [0, 0.05) is 11.9 Å². The molecule has 0 radical (unpaired) electrons. The summed E-state index contributed by atoms with van der Waals surface area (Å²) in [5.74, 6) is -0.764. The predicted octanol–water partition coefficient (Wildman–Crippen LogP) is 1.34. The Morgan fingerprint density at radius 2 is 1.57 bits per heavy atom. The van der Waals surface area contributed by atoms with Gasteiger partial charge in [-0.3, -0.25) is 9.59 Å². The number of carbonyl (C=O) groups is 1. The highest BCUT2D eigenvalue weighted by Gasteiger charge is 2.18. The van der Waals surface area contributed by atoms with Crippen molar-refractivity contribution < 1.29 is 9.53 Å². The minimum Gasteiger partial charge on any atom is -0.437 e. The van der Waals surface area contributed by atoms with E-state index in [4.69, 9.17) is 4.74 Å². The van der Waals surface area contributed by atoms with Crippen LogP contribution in [0.4, 0.5) is 0 Å². The summed E-state index contributed by atoms with van der Waals surface area (Å²) in [6.45, 7) is 1.64. The van der Waals surface area contributed by atoms with Crippen LogP contribution in [0.25, 0.3) is 21.7 Å². The van der Waals surface area contributed by atoms with Gasteiger partial charge in [-0.1, -0.05) is 35.5 Å². The van der Waals surface area contributed by atoms with E-state index in [0.29, 0.717) is 28.2 Å². The van der Waals surface area contributed by atoms with Crippen molar-refractivity contribution in [3.05, 3.63) is 74.9 Å². The number of benzene rings is 2. The van der Waals surface area contributed by atoms with E-state index in [9.17, 15) is 14.4 Å². The molecule has 0 bridgehead atoms. The molecule has 140 valence electrons. The molecule has 0 aliphatic heterocycles. The summed E-state index contributed by atoms with van der Waals surface area (Å²) in [6.07, 6.45) is 0. The van der Waals surface area contributed by atoms with Crippen molar-refractivity contribution in [1.29, 1.82) is 0 Å².